The SMILES string of the molecule is C=C(Cc1nc(-c2ccc(C(F)(F)CCC)cc2)no1)C(=O)OC(C)(C)C. The van der Waals surface area contributed by atoms with E-state index in [1.165, 1.54) is 24.3 Å². The van der Waals surface area contributed by atoms with Crippen LogP contribution in [0, 0.1) is 0 Å². The van der Waals surface area contributed by atoms with E-state index in [0.29, 0.717) is 12.0 Å². The van der Waals surface area contributed by atoms with E-state index < -0.39 is 17.5 Å². The number of nitrogens with zero attached hydrogens (tertiary/aromatic N) is 2. The lowest BCUT2D eigenvalue weighted by Crippen LogP contribution is -2.25. The Morgan fingerprint density at radius 1 is 1.22 bits per heavy atom. The Kier molecular flexibility index (Phi) is 6.13. The summed E-state index contributed by atoms with van der Waals surface area (Å²) in [6.07, 6.45) is 0.241. The second-order valence-electron chi connectivity index (χ2n) is 7.33. The zero-order chi connectivity index (χ0) is 20.2. The van der Waals surface area contributed by atoms with Crippen LogP contribution in [0.15, 0.2) is 40.9 Å². The molecule has 0 aliphatic carbocycles. The number of esters is 1. The largest absolute Gasteiger partial charge is 0.457 e. The number of alkyl halides is 2. The molecule has 2 aromatic rings. The van der Waals surface area contributed by atoms with Gasteiger partial charge in [-0.25, -0.2) is 13.6 Å². The van der Waals surface area contributed by atoms with Crippen molar-refractivity contribution >= 4 is 5.97 Å². The Morgan fingerprint density at radius 3 is 2.41 bits per heavy atom. The number of carbonyl (C=O) groups excluding carboxylic acids is 1. The number of aromatic nitrogens is 2. The third-order valence-corrected chi connectivity index (χ3v) is 3.65. The minimum Gasteiger partial charge on any atom is -0.457 e. The molecule has 1 aromatic heterocycles. The van der Waals surface area contributed by atoms with Crippen molar-refractivity contribution in [1.82, 2.24) is 10.1 Å². The maximum atomic E-state index is 13.9. The normalized spacial score (nSPS) is 12.1. The molecular formula is C20H24F2N2O3. The number of hydrogen-bond acceptors (Lipinski definition) is 5. The third kappa shape index (κ3) is 5.70. The summed E-state index contributed by atoms with van der Waals surface area (Å²) < 4.78 is 38.2. The zero-order valence-corrected chi connectivity index (χ0v) is 16.0. The van der Waals surface area contributed by atoms with Gasteiger partial charge < -0.3 is 9.26 Å². The highest BCUT2D eigenvalue weighted by Gasteiger charge is 2.30. The predicted molar refractivity (Wildman–Crippen MR) is 97.2 cm³/mol. The second-order valence-corrected chi connectivity index (χ2v) is 7.33. The van der Waals surface area contributed by atoms with Gasteiger partial charge in [-0.3, -0.25) is 0 Å². The molecule has 0 bridgehead atoms. The highest BCUT2D eigenvalue weighted by atomic mass is 19.3. The van der Waals surface area contributed by atoms with Gasteiger partial charge >= 0.3 is 5.97 Å². The average molecular weight is 378 g/mol. The Hall–Kier alpha value is -2.57. The summed E-state index contributed by atoms with van der Waals surface area (Å²) in [6.45, 7) is 10.7. The molecule has 0 atom stereocenters. The first-order chi connectivity index (χ1) is 12.5. The number of ether oxygens (including phenoxy) is 1. The van der Waals surface area contributed by atoms with E-state index >= 15 is 0 Å². The van der Waals surface area contributed by atoms with E-state index in [1.807, 2.05) is 0 Å². The molecule has 0 radical (unpaired) electrons. The standard InChI is InChI=1S/C20H24F2N2O3/c1-6-11-20(21,22)15-9-7-14(8-10-15)17-23-16(27-24-17)12-13(2)18(25)26-19(3,4)5/h7-10H,2,6,11-12H2,1,3-5H3. The molecule has 0 fully saturated rings. The molecule has 1 heterocycles. The van der Waals surface area contributed by atoms with Crippen molar-refractivity contribution in [3.05, 3.63) is 47.9 Å². The molecule has 0 aliphatic rings. The van der Waals surface area contributed by atoms with Crippen molar-refractivity contribution in [3.63, 3.8) is 0 Å². The molecule has 146 valence electrons. The first kappa shape index (κ1) is 20.7. The molecule has 27 heavy (non-hydrogen) atoms. The highest BCUT2D eigenvalue weighted by molar-refractivity contribution is 5.88. The van der Waals surface area contributed by atoms with E-state index in [2.05, 4.69) is 16.7 Å². The number of halogens is 2. The first-order valence-electron chi connectivity index (χ1n) is 8.74. The molecular weight excluding hydrogens is 354 g/mol. The number of benzene rings is 1. The van der Waals surface area contributed by atoms with Crippen molar-refractivity contribution in [2.45, 2.75) is 58.5 Å². The van der Waals surface area contributed by atoms with Crippen molar-refractivity contribution in [1.29, 1.82) is 0 Å². The first-order valence-corrected chi connectivity index (χ1v) is 8.74. The van der Waals surface area contributed by atoms with Crippen LogP contribution in [0.1, 0.15) is 52.0 Å². The molecule has 0 amide bonds. The maximum Gasteiger partial charge on any atom is 0.334 e. The summed E-state index contributed by atoms with van der Waals surface area (Å²) in [7, 11) is 0. The highest BCUT2D eigenvalue weighted by Crippen LogP contribution is 2.33. The summed E-state index contributed by atoms with van der Waals surface area (Å²) >= 11 is 0. The Bertz CT molecular complexity index is 805. The molecule has 0 saturated carbocycles. The summed E-state index contributed by atoms with van der Waals surface area (Å²) in [5.41, 5.74) is 0.0652. The van der Waals surface area contributed by atoms with Gasteiger partial charge in [-0.05, 0) is 20.8 Å². The summed E-state index contributed by atoms with van der Waals surface area (Å²) in [5, 5.41) is 3.83. The lowest BCUT2D eigenvalue weighted by molar-refractivity contribution is -0.150. The van der Waals surface area contributed by atoms with Crippen molar-refractivity contribution in [3.8, 4) is 11.4 Å². The van der Waals surface area contributed by atoms with Crippen LogP contribution < -0.4 is 0 Å². The van der Waals surface area contributed by atoms with E-state index in [9.17, 15) is 13.6 Å². The van der Waals surface area contributed by atoms with Crippen molar-refractivity contribution in [2.24, 2.45) is 0 Å². The fourth-order valence-corrected chi connectivity index (χ4v) is 2.37. The fourth-order valence-electron chi connectivity index (χ4n) is 2.37. The number of rotatable bonds is 7. The minimum absolute atomic E-state index is 0.0462. The monoisotopic (exact) mass is 378 g/mol. The number of hydrogen-bond donors (Lipinski definition) is 0. The van der Waals surface area contributed by atoms with Gasteiger partial charge in [0.25, 0.3) is 5.92 Å². The fraction of sp³-hybridized carbons (Fsp3) is 0.450. The molecule has 0 unspecified atom stereocenters. The molecule has 1 aromatic carbocycles. The molecule has 5 nitrogen and oxygen atoms in total. The predicted octanol–water partition coefficient (Wildman–Crippen LogP) is 5.07. The van der Waals surface area contributed by atoms with E-state index in [-0.39, 0.29) is 35.7 Å². The third-order valence-electron chi connectivity index (χ3n) is 3.65. The van der Waals surface area contributed by atoms with E-state index in [4.69, 9.17) is 9.26 Å². The van der Waals surface area contributed by atoms with Crippen LogP contribution in [0.3, 0.4) is 0 Å². The second kappa shape index (κ2) is 7.98. The van der Waals surface area contributed by atoms with Crippen LogP contribution in [-0.2, 0) is 21.9 Å². The van der Waals surface area contributed by atoms with E-state index in [0.717, 1.165) is 0 Å². The number of carbonyl (C=O) groups is 1. The summed E-state index contributed by atoms with van der Waals surface area (Å²) in [5.74, 6) is -2.95. The molecule has 7 heteroatoms. The van der Waals surface area contributed by atoms with Crippen LogP contribution in [0.2, 0.25) is 0 Å². The summed E-state index contributed by atoms with van der Waals surface area (Å²) in [4.78, 5) is 16.1. The van der Waals surface area contributed by atoms with Gasteiger partial charge in [0.2, 0.25) is 11.7 Å². The molecule has 0 saturated heterocycles. The minimum atomic E-state index is -2.86. The van der Waals surface area contributed by atoms with Crippen LogP contribution in [0.4, 0.5) is 8.78 Å². The van der Waals surface area contributed by atoms with Crippen LogP contribution in [0.25, 0.3) is 11.4 Å². The molecule has 0 spiro atoms. The van der Waals surface area contributed by atoms with Gasteiger partial charge in [-0.2, -0.15) is 4.98 Å². The maximum absolute atomic E-state index is 13.9. The van der Waals surface area contributed by atoms with Gasteiger partial charge in [0.1, 0.15) is 5.60 Å². The molecule has 0 N–H and O–H groups in total. The lowest BCUT2D eigenvalue weighted by atomic mass is 10.0. The average Bonchev–Trinajstić information content (AvgIpc) is 3.02. The lowest BCUT2D eigenvalue weighted by Gasteiger charge is -2.19. The molecule has 2 rings (SSSR count). The van der Waals surface area contributed by atoms with Gasteiger partial charge in [-0.15, -0.1) is 0 Å². The van der Waals surface area contributed by atoms with Gasteiger partial charge in [-0.1, -0.05) is 49.3 Å². The van der Waals surface area contributed by atoms with Gasteiger partial charge in [0, 0.05) is 23.1 Å². The topological polar surface area (TPSA) is 65.2 Å². The van der Waals surface area contributed by atoms with Crippen molar-refractivity contribution in [2.75, 3.05) is 0 Å². The molecule has 0 aliphatic heterocycles. The van der Waals surface area contributed by atoms with Crippen LogP contribution in [-0.4, -0.2) is 21.7 Å². The Balaban J connectivity index is 2.07. The summed E-state index contributed by atoms with van der Waals surface area (Å²) in [6, 6.07) is 5.77. The quantitative estimate of drug-likeness (QED) is 0.497. The van der Waals surface area contributed by atoms with Crippen molar-refractivity contribution < 1.29 is 22.8 Å². The van der Waals surface area contributed by atoms with Gasteiger partial charge in [0.15, 0.2) is 0 Å². The van der Waals surface area contributed by atoms with Crippen LogP contribution in [0.5, 0.6) is 0 Å². The Morgan fingerprint density at radius 2 is 1.85 bits per heavy atom. The van der Waals surface area contributed by atoms with E-state index in [1.54, 1.807) is 27.7 Å². The van der Waals surface area contributed by atoms with Gasteiger partial charge in [0.05, 0.1) is 6.42 Å². The van der Waals surface area contributed by atoms with Crippen LogP contribution >= 0.6 is 0 Å². The smallest absolute Gasteiger partial charge is 0.334 e. The zero-order valence-electron chi connectivity index (χ0n) is 16.0. The Labute approximate surface area is 157 Å².